The molecular weight excluding hydrogens is 260 g/mol. The van der Waals surface area contributed by atoms with Gasteiger partial charge in [0.25, 0.3) is 0 Å². The van der Waals surface area contributed by atoms with Crippen molar-refractivity contribution < 1.29 is 19.8 Å². The lowest BCUT2D eigenvalue weighted by molar-refractivity contribution is -0.133. The molecular formula is C14H28N2O4. The minimum absolute atomic E-state index is 0.0802. The molecule has 0 aromatic carbocycles. The van der Waals surface area contributed by atoms with Crippen LogP contribution >= 0.6 is 0 Å². The number of amides is 2. The maximum absolute atomic E-state index is 11.8. The summed E-state index contributed by atoms with van der Waals surface area (Å²) in [4.78, 5) is 26.8. The average molecular weight is 288 g/mol. The molecule has 118 valence electrons. The van der Waals surface area contributed by atoms with Gasteiger partial charge in [-0.3, -0.25) is 9.59 Å². The predicted octanol–water partition coefficient (Wildman–Crippen LogP) is 0.228. The second-order valence-electron chi connectivity index (χ2n) is 4.60. The van der Waals surface area contributed by atoms with E-state index in [1.165, 1.54) is 4.90 Å². The van der Waals surface area contributed by atoms with Crippen molar-refractivity contribution in [3.05, 3.63) is 0 Å². The van der Waals surface area contributed by atoms with E-state index in [4.69, 9.17) is 10.2 Å². The Kier molecular flexibility index (Phi) is 11.0. The van der Waals surface area contributed by atoms with Crippen LogP contribution in [0, 0.1) is 0 Å². The Morgan fingerprint density at radius 1 is 0.800 bits per heavy atom. The third-order valence-electron chi connectivity index (χ3n) is 3.24. The first-order valence-corrected chi connectivity index (χ1v) is 7.37. The zero-order valence-electron chi connectivity index (χ0n) is 12.7. The molecule has 2 N–H and O–H groups in total. The normalized spacial score (nSPS) is 10.4. The Hall–Kier alpha value is -1.14. The van der Waals surface area contributed by atoms with Crippen LogP contribution < -0.4 is 0 Å². The van der Waals surface area contributed by atoms with Crippen LogP contribution in [-0.4, -0.2) is 71.2 Å². The first-order chi connectivity index (χ1) is 9.60. The van der Waals surface area contributed by atoms with Crippen LogP contribution in [0.1, 0.15) is 39.5 Å². The van der Waals surface area contributed by atoms with Gasteiger partial charge in [-0.25, -0.2) is 0 Å². The summed E-state index contributed by atoms with van der Waals surface area (Å²) >= 11 is 0. The summed E-state index contributed by atoms with van der Waals surface area (Å²) in [6.07, 6.45) is 2.16. The number of carbonyl (C=O) groups is 2. The number of carbonyl (C=O) groups excluding carboxylic acids is 2. The third kappa shape index (κ3) is 7.45. The van der Waals surface area contributed by atoms with Crippen molar-refractivity contribution in [2.45, 2.75) is 39.5 Å². The highest BCUT2D eigenvalue weighted by atomic mass is 16.3. The summed E-state index contributed by atoms with van der Waals surface area (Å²) in [6, 6.07) is 0. The number of hydrogen-bond acceptors (Lipinski definition) is 4. The maximum atomic E-state index is 11.8. The fraction of sp³-hybridized carbons (Fsp3) is 0.857. The van der Waals surface area contributed by atoms with E-state index < -0.39 is 0 Å². The molecule has 0 aromatic heterocycles. The van der Waals surface area contributed by atoms with Gasteiger partial charge in [0.05, 0.1) is 13.2 Å². The van der Waals surface area contributed by atoms with Crippen molar-refractivity contribution in [3.63, 3.8) is 0 Å². The Morgan fingerprint density at radius 2 is 1.20 bits per heavy atom. The van der Waals surface area contributed by atoms with Gasteiger partial charge in [-0.2, -0.15) is 0 Å². The van der Waals surface area contributed by atoms with Crippen molar-refractivity contribution in [2.75, 3.05) is 39.4 Å². The summed E-state index contributed by atoms with van der Waals surface area (Å²) in [5.74, 6) is 0.0495. The predicted molar refractivity (Wildman–Crippen MR) is 77.1 cm³/mol. The van der Waals surface area contributed by atoms with E-state index in [1.807, 2.05) is 13.8 Å². The van der Waals surface area contributed by atoms with Gasteiger partial charge in [0.15, 0.2) is 0 Å². The molecule has 6 nitrogen and oxygen atoms in total. The molecule has 0 rings (SSSR count). The standard InChI is InChI=1S/C14H28N2O4/c1-3-15(4-2)13(19)7-5-6-8-14(20)16(9-11-17)10-12-18/h17-18H,3-12H2,1-2H3. The van der Waals surface area contributed by atoms with E-state index in [9.17, 15) is 9.59 Å². The largest absolute Gasteiger partial charge is 0.395 e. The van der Waals surface area contributed by atoms with Gasteiger partial charge in [-0.15, -0.1) is 0 Å². The van der Waals surface area contributed by atoms with Gasteiger partial charge in [-0.1, -0.05) is 0 Å². The van der Waals surface area contributed by atoms with E-state index in [2.05, 4.69) is 0 Å². The number of rotatable bonds is 11. The Labute approximate surface area is 121 Å². The minimum atomic E-state index is -0.105. The highest BCUT2D eigenvalue weighted by Crippen LogP contribution is 2.06. The van der Waals surface area contributed by atoms with E-state index >= 15 is 0 Å². The quantitative estimate of drug-likeness (QED) is 0.533. The van der Waals surface area contributed by atoms with Crippen molar-refractivity contribution in [1.29, 1.82) is 0 Å². The number of nitrogens with zero attached hydrogens (tertiary/aromatic N) is 2. The number of unbranched alkanes of at least 4 members (excludes halogenated alkanes) is 1. The number of aliphatic hydroxyl groups excluding tert-OH is 2. The minimum Gasteiger partial charge on any atom is -0.395 e. The van der Waals surface area contributed by atoms with Crippen LogP contribution in [-0.2, 0) is 9.59 Å². The molecule has 0 fully saturated rings. The fourth-order valence-electron chi connectivity index (χ4n) is 2.05. The molecule has 0 unspecified atom stereocenters. The van der Waals surface area contributed by atoms with Crippen LogP contribution in [0.25, 0.3) is 0 Å². The molecule has 6 heteroatoms. The van der Waals surface area contributed by atoms with Gasteiger partial charge in [-0.05, 0) is 26.7 Å². The summed E-state index contributed by atoms with van der Waals surface area (Å²) in [6.45, 7) is 5.62. The molecule has 0 radical (unpaired) electrons. The van der Waals surface area contributed by atoms with Crippen molar-refractivity contribution in [3.8, 4) is 0 Å². The zero-order valence-corrected chi connectivity index (χ0v) is 12.7. The molecule has 0 saturated carbocycles. The molecule has 0 spiro atoms. The van der Waals surface area contributed by atoms with Crippen LogP contribution in [0.5, 0.6) is 0 Å². The molecule has 20 heavy (non-hydrogen) atoms. The topological polar surface area (TPSA) is 81.1 Å². The first-order valence-electron chi connectivity index (χ1n) is 7.37. The molecule has 0 saturated heterocycles. The number of aliphatic hydroxyl groups is 2. The Balaban J connectivity index is 3.92. The first kappa shape index (κ1) is 18.9. The zero-order chi connectivity index (χ0) is 15.4. The van der Waals surface area contributed by atoms with Gasteiger partial charge in [0, 0.05) is 39.0 Å². The lowest BCUT2D eigenvalue weighted by Gasteiger charge is -2.21. The monoisotopic (exact) mass is 288 g/mol. The van der Waals surface area contributed by atoms with Crippen LogP contribution in [0.2, 0.25) is 0 Å². The molecule has 0 aliphatic rings. The highest BCUT2D eigenvalue weighted by molar-refractivity contribution is 5.77. The smallest absolute Gasteiger partial charge is 0.222 e. The van der Waals surface area contributed by atoms with E-state index in [0.717, 1.165) is 13.1 Å². The Bertz CT molecular complexity index is 274. The summed E-state index contributed by atoms with van der Waals surface area (Å²) in [7, 11) is 0. The average Bonchev–Trinajstić information content (AvgIpc) is 2.44. The summed E-state index contributed by atoms with van der Waals surface area (Å²) in [5, 5.41) is 17.7. The van der Waals surface area contributed by atoms with E-state index in [1.54, 1.807) is 4.90 Å². The molecule has 0 bridgehead atoms. The van der Waals surface area contributed by atoms with Crippen molar-refractivity contribution >= 4 is 11.8 Å². The second-order valence-corrected chi connectivity index (χ2v) is 4.60. The van der Waals surface area contributed by atoms with Crippen LogP contribution in [0.3, 0.4) is 0 Å². The summed E-state index contributed by atoms with van der Waals surface area (Å²) in [5.41, 5.74) is 0. The van der Waals surface area contributed by atoms with E-state index in [-0.39, 0.29) is 38.1 Å². The van der Waals surface area contributed by atoms with Crippen LogP contribution in [0.4, 0.5) is 0 Å². The SMILES string of the molecule is CCN(CC)C(=O)CCCCC(=O)N(CCO)CCO. The van der Waals surface area contributed by atoms with Gasteiger partial charge in [0.1, 0.15) is 0 Å². The molecule has 0 atom stereocenters. The fourth-order valence-corrected chi connectivity index (χ4v) is 2.05. The summed E-state index contributed by atoms with van der Waals surface area (Å²) < 4.78 is 0. The highest BCUT2D eigenvalue weighted by Gasteiger charge is 2.13. The van der Waals surface area contributed by atoms with E-state index in [0.29, 0.717) is 25.7 Å². The van der Waals surface area contributed by atoms with Gasteiger partial charge in [0.2, 0.25) is 11.8 Å². The lowest BCUT2D eigenvalue weighted by atomic mass is 10.1. The van der Waals surface area contributed by atoms with Gasteiger partial charge < -0.3 is 20.0 Å². The second kappa shape index (κ2) is 11.7. The third-order valence-corrected chi connectivity index (χ3v) is 3.24. The van der Waals surface area contributed by atoms with Crippen molar-refractivity contribution in [1.82, 2.24) is 9.80 Å². The van der Waals surface area contributed by atoms with Crippen LogP contribution in [0.15, 0.2) is 0 Å². The van der Waals surface area contributed by atoms with Crippen molar-refractivity contribution in [2.24, 2.45) is 0 Å². The molecule has 0 aromatic rings. The lowest BCUT2D eigenvalue weighted by Crippen LogP contribution is -2.35. The molecule has 0 aliphatic carbocycles. The molecule has 0 heterocycles. The molecule has 2 amide bonds. The molecule has 0 aliphatic heterocycles. The maximum Gasteiger partial charge on any atom is 0.222 e. The Morgan fingerprint density at radius 3 is 1.55 bits per heavy atom. The van der Waals surface area contributed by atoms with Gasteiger partial charge >= 0.3 is 0 Å². The number of hydrogen-bond donors (Lipinski definition) is 2.